The van der Waals surface area contributed by atoms with Gasteiger partial charge in [-0.25, -0.2) is 0 Å². The van der Waals surface area contributed by atoms with Crippen LogP contribution in [-0.4, -0.2) is 23.0 Å². The fourth-order valence-corrected chi connectivity index (χ4v) is 3.46. The number of primary amides is 1. The molecule has 0 spiro atoms. The lowest BCUT2D eigenvalue weighted by Gasteiger charge is -2.14. The molecule has 0 aliphatic heterocycles. The highest BCUT2D eigenvalue weighted by Crippen LogP contribution is 2.31. The number of rotatable bonds is 7. The van der Waals surface area contributed by atoms with Crippen LogP contribution in [-0.2, 0) is 9.59 Å². The molecule has 0 aromatic heterocycles. The quantitative estimate of drug-likeness (QED) is 0.639. The normalized spacial score (nSPS) is 14.3. The summed E-state index contributed by atoms with van der Waals surface area (Å²) >= 11 is 1.37. The molecule has 3 amide bonds. The summed E-state index contributed by atoms with van der Waals surface area (Å²) in [6, 6.07) is 14.0. The second-order valence-electron chi connectivity index (χ2n) is 6.45. The van der Waals surface area contributed by atoms with E-state index in [2.05, 4.69) is 10.6 Å². The van der Waals surface area contributed by atoms with E-state index in [0.29, 0.717) is 5.69 Å². The fourth-order valence-electron chi connectivity index (χ4n) is 2.54. The molecule has 1 aliphatic rings. The number of thioether (sulfide) groups is 1. The molecule has 6 nitrogen and oxygen atoms in total. The lowest BCUT2D eigenvalue weighted by Crippen LogP contribution is -2.24. The van der Waals surface area contributed by atoms with Gasteiger partial charge >= 0.3 is 0 Å². The monoisotopic (exact) mass is 383 g/mol. The Labute approximate surface area is 161 Å². The molecule has 3 rings (SSSR count). The predicted octanol–water partition coefficient (Wildman–Crippen LogP) is 3.25. The van der Waals surface area contributed by atoms with Gasteiger partial charge in [-0.15, -0.1) is 11.8 Å². The fraction of sp³-hybridized carbons (Fsp3) is 0.250. The first-order valence-electron chi connectivity index (χ1n) is 8.71. The Bertz CT molecular complexity index is 880. The maximum Gasteiger partial charge on any atom is 0.250 e. The number of anilines is 2. The highest BCUT2D eigenvalue weighted by Gasteiger charge is 2.29. The van der Waals surface area contributed by atoms with Gasteiger partial charge in [0.15, 0.2) is 0 Å². The van der Waals surface area contributed by atoms with Crippen LogP contribution in [0.1, 0.15) is 30.1 Å². The second kappa shape index (κ2) is 8.26. The smallest absolute Gasteiger partial charge is 0.250 e. The lowest BCUT2D eigenvalue weighted by molar-refractivity contribution is -0.117. The van der Waals surface area contributed by atoms with Gasteiger partial charge < -0.3 is 16.4 Å². The Balaban J connectivity index is 1.63. The summed E-state index contributed by atoms with van der Waals surface area (Å²) in [5.41, 5.74) is 6.73. The van der Waals surface area contributed by atoms with Crippen molar-refractivity contribution in [1.29, 1.82) is 0 Å². The first-order valence-corrected chi connectivity index (χ1v) is 9.59. The zero-order chi connectivity index (χ0) is 19.4. The molecule has 0 heterocycles. The van der Waals surface area contributed by atoms with E-state index in [9.17, 15) is 14.4 Å². The first kappa shape index (κ1) is 19.0. The second-order valence-corrected chi connectivity index (χ2v) is 7.86. The van der Waals surface area contributed by atoms with Crippen molar-refractivity contribution in [3.8, 4) is 0 Å². The van der Waals surface area contributed by atoms with Gasteiger partial charge in [0.1, 0.15) is 0 Å². The van der Waals surface area contributed by atoms with Gasteiger partial charge in [-0.1, -0.05) is 18.2 Å². The molecule has 7 heteroatoms. The number of hydrogen-bond acceptors (Lipinski definition) is 4. The molecule has 0 radical (unpaired) electrons. The molecule has 27 heavy (non-hydrogen) atoms. The number of para-hydroxylation sites is 1. The maximum atomic E-state index is 12.5. The van der Waals surface area contributed by atoms with E-state index in [1.807, 2.05) is 24.3 Å². The first-order chi connectivity index (χ1) is 12.9. The molecule has 1 unspecified atom stereocenters. The minimum Gasteiger partial charge on any atom is -0.366 e. The third-order valence-electron chi connectivity index (χ3n) is 4.18. The van der Waals surface area contributed by atoms with Crippen LogP contribution < -0.4 is 16.4 Å². The molecule has 2 aromatic rings. The molecule has 0 bridgehead atoms. The summed E-state index contributed by atoms with van der Waals surface area (Å²) in [7, 11) is 0. The molecule has 4 N–H and O–H groups in total. The van der Waals surface area contributed by atoms with Gasteiger partial charge in [-0.3, -0.25) is 14.4 Å². The predicted molar refractivity (Wildman–Crippen MR) is 107 cm³/mol. The summed E-state index contributed by atoms with van der Waals surface area (Å²) in [4.78, 5) is 36.7. The summed E-state index contributed by atoms with van der Waals surface area (Å²) in [5.74, 6) is -0.645. The largest absolute Gasteiger partial charge is 0.366 e. The number of carbonyl (C=O) groups excluding carboxylic acids is 3. The van der Waals surface area contributed by atoms with Crippen LogP contribution >= 0.6 is 11.8 Å². The number of nitrogens with two attached hydrogens (primary N) is 1. The molecule has 1 atom stereocenters. The van der Waals surface area contributed by atoms with Crippen LogP contribution in [0.5, 0.6) is 0 Å². The van der Waals surface area contributed by atoms with Crippen molar-refractivity contribution < 1.29 is 14.4 Å². The highest BCUT2D eigenvalue weighted by atomic mass is 32.2. The van der Waals surface area contributed by atoms with Gasteiger partial charge in [-0.05, 0) is 50.1 Å². The van der Waals surface area contributed by atoms with E-state index in [-0.39, 0.29) is 23.3 Å². The van der Waals surface area contributed by atoms with Crippen LogP contribution in [0.15, 0.2) is 53.4 Å². The van der Waals surface area contributed by atoms with Gasteiger partial charge in [0.2, 0.25) is 11.8 Å². The van der Waals surface area contributed by atoms with E-state index >= 15 is 0 Å². The molecule has 1 saturated carbocycles. The summed E-state index contributed by atoms with van der Waals surface area (Å²) in [6.45, 7) is 1.78. The molecule has 0 saturated heterocycles. The Morgan fingerprint density at radius 3 is 2.52 bits per heavy atom. The number of carbonyl (C=O) groups is 3. The van der Waals surface area contributed by atoms with E-state index in [0.717, 1.165) is 23.4 Å². The zero-order valence-electron chi connectivity index (χ0n) is 14.9. The molecule has 1 fully saturated rings. The number of nitrogens with one attached hydrogen (secondary N) is 2. The highest BCUT2D eigenvalue weighted by molar-refractivity contribution is 8.00. The van der Waals surface area contributed by atoms with Gasteiger partial charge in [0.05, 0.1) is 16.5 Å². The molecule has 1 aliphatic carbocycles. The summed E-state index contributed by atoms with van der Waals surface area (Å²) in [5, 5.41) is 5.25. The number of amides is 3. The minimum absolute atomic E-state index is 0.0472. The third kappa shape index (κ3) is 5.10. The summed E-state index contributed by atoms with van der Waals surface area (Å²) < 4.78 is 0. The van der Waals surface area contributed by atoms with E-state index in [1.54, 1.807) is 31.2 Å². The average Bonchev–Trinajstić information content (AvgIpc) is 3.47. The van der Waals surface area contributed by atoms with E-state index in [4.69, 9.17) is 5.73 Å². The molecular weight excluding hydrogens is 362 g/mol. The molecular formula is C20H21N3O3S. The van der Waals surface area contributed by atoms with Crippen molar-refractivity contribution in [3.63, 3.8) is 0 Å². The average molecular weight is 383 g/mol. The summed E-state index contributed by atoms with van der Waals surface area (Å²) in [6.07, 6.45) is 1.90. The van der Waals surface area contributed by atoms with Crippen LogP contribution in [0.3, 0.4) is 0 Å². The van der Waals surface area contributed by atoms with Gasteiger partial charge in [0.25, 0.3) is 5.91 Å². The lowest BCUT2D eigenvalue weighted by atomic mass is 10.1. The van der Waals surface area contributed by atoms with Gasteiger partial charge in [-0.2, -0.15) is 0 Å². The Morgan fingerprint density at radius 2 is 1.81 bits per heavy atom. The minimum atomic E-state index is -0.592. The molecule has 140 valence electrons. The van der Waals surface area contributed by atoms with Crippen LogP contribution in [0.4, 0.5) is 11.4 Å². The SMILES string of the molecule is CC(Sc1cccc(NC(=O)C2CC2)c1)C(=O)Nc1ccccc1C(N)=O. The topological polar surface area (TPSA) is 101 Å². The van der Waals surface area contributed by atoms with Crippen molar-refractivity contribution in [1.82, 2.24) is 0 Å². The van der Waals surface area contributed by atoms with Crippen LogP contribution in [0.25, 0.3) is 0 Å². The van der Waals surface area contributed by atoms with Crippen molar-refractivity contribution in [2.45, 2.75) is 29.9 Å². The van der Waals surface area contributed by atoms with Gasteiger partial charge in [0, 0.05) is 16.5 Å². The maximum absolute atomic E-state index is 12.5. The molecule has 2 aromatic carbocycles. The Hall–Kier alpha value is -2.80. The zero-order valence-corrected chi connectivity index (χ0v) is 15.7. The Kier molecular flexibility index (Phi) is 5.81. The van der Waals surface area contributed by atoms with Crippen molar-refractivity contribution in [3.05, 3.63) is 54.1 Å². The number of hydrogen-bond donors (Lipinski definition) is 3. The standard InChI is InChI=1S/C20H21N3O3S/c1-12(19(25)23-17-8-3-2-7-16(17)18(21)24)27-15-6-4-5-14(11-15)22-20(26)13-9-10-13/h2-8,11-13H,9-10H2,1H3,(H2,21,24)(H,22,26)(H,23,25). The van der Waals surface area contributed by atoms with Crippen LogP contribution in [0, 0.1) is 5.92 Å². The Morgan fingerprint density at radius 1 is 1.07 bits per heavy atom. The van der Waals surface area contributed by atoms with Crippen molar-refractivity contribution in [2.24, 2.45) is 11.7 Å². The van der Waals surface area contributed by atoms with Crippen molar-refractivity contribution in [2.75, 3.05) is 10.6 Å². The third-order valence-corrected chi connectivity index (χ3v) is 5.28. The van der Waals surface area contributed by atoms with Crippen LogP contribution in [0.2, 0.25) is 0 Å². The van der Waals surface area contributed by atoms with Crippen molar-refractivity contribution >= 4 is 40.9 Å². The van der Waals surface area contributed by atoms with E-state index in [1.165, 1.54) is 11.8 Å². The van der Waals surface area contributed by atoms with E-state index < -0.39 is 11.2 Å². The number of benzene rings is 2.